The van der Waals surface area contributed by atoms with Gasteiger partial charge in [0.2, 0.25) is 0 Å². The second kappa shape index (κ2) is 9.72. The molecule has 5 heteroatoms. The van der Waals surface area contributed by atoms with Gasteiger partial charge in [-0.1, -0.05) is 35.9 Å². The van der Waals surface area contributed by atoms with Crippen LogP contribution in [0, 0.1) is 0 Å². The molecule has 24 heavy (non-hydrogen) atoms. The minimum Gasteiger partial charge on any atom is -0.351 e. The van der Waals surface area contributed by atoms with E-state index in [0.29, 0.717) is 13.1 Å². The van der Waals surface area contributed by atoms with Crippen LogP contribution in [0.5, 0.6) is 0 Å². The standard InChI is InChI=1S/C19H23ClN2OS/c1-22(13-16-6-8-18(24-2)9-7-16)14-19(23)21-11-10-15-4-3-5-17(20)12-15/h3-9,12H,10-11,13-14H2,1-2H3,(H,21,23)/p+1. The molecule has 0 saturated heterocycles. The number of hydrogen-bond donors (Lipinski definition) is 2. The molecule has 0 heterocycles. The van der Waals surface area contributed by atoms with Gasteiger partial charge >= 0.3 is 0 Å². The highest BCUT2D eigenvalue weighted by atomic mass is 35.5. The molecule has 2 N–H and O–H groups in total. The van der Waals surface area contributed by atoms with E-state index in [1.54, 1.807) is 11.8 Å². The van der Waals surface area contributed by atoms with Gasteiger partial charge in [0.05, 0.1) is 7.05 Å². The predicted octanol–water partition coefficient (Wildman–Crippen LogP) is 2.44. The zero-order valence-corrected chi connectivity index (χ0v) is 15.7. The fourth-order valence-corrected chi connectivity index (χ4v) is 3.15. The number of hydrogen-bond acceptors (Lipinski definition) is 2. The van der Waals surface area contributed by atoms with E-state index in [9.17, 15) is 4.79 Å². The van der Waals surface area contributed by atoms with Gasteiger partial charge in [0.15, 0.2) is 6.54 Å². The van der Waals surface area contributed by atoms with Crippen LogP contribution < -0.4 is 10.2 Å². The number of thioether (sulfide) groups is 1. The van der Waals surface area contributed by atoms with Crippen molar-refractivity contribution in [1.29, 1.82) is 0 Å². The Hall–Kier alpha value is -1.49. The van der Waals surface area contributed by atoms with Gasteiger partial charge in [-0.05, 0) is 42.5 Å². The molecular weight excluding hydrogens is 340 g/mol. The normalized spacial score (nSPS) is 12.0. The summed E-state index contributed by atoms with van der Waals surface area (Å²) in [7, 11) is 2.04. The number of likely N-dealkylation sites (N-methyl/N-ethyl adjacent to an activating group) is 1. The van der Waals surface area contributed by atoms with E-state index in [1.807, 2.05) is 31.3 Å². The van der Waals surface area contributed by atoms with Crippen molar-refractivity contribution < 1.29 is 9.69 Å². The number of halogens is 1. The average molecular weight is 364 g/mol. The van der Waals surface area contributed by atoms with Crippen LogP contribution in [0.15, 0.2) is 53.4 Å². The van der Waals surface area contributed by atoms with Crippen LogP contribution in [-0.2, 0) is 17.8 Å². The SMILES string of the molecule is CSc1ccc(C[NH+](C)CC(=O)NCCc2cccc(Cl)c2)cc1. The predicted molar refractivity (Wildman–Crippen MR) is 102 cm³/mol. The topological polar surface area (TPSA) is 33.5 Å². The number of nitrogens with one attached hydrogen (secondary N) is 2. The van der Waals surface area contributed by atoms with Crippen molar-refractivity contribution in [3.63, 3.8) is 0 Å². The first-order valence-electron chi connectivity index (χ1n) is 8.02. The first-order valence-corrected chi connectivity index (χ1v) is 9.62. The first kappa shape index (κ1) is 18.8. The van der Waals surface area contributed by atoms with Gasteiger partial charge < -0.3 is 10.2 Å². The molecular formula is C19H24ClN2OS+. The van der Waals surface area contributed by atoms with Crippen LogP contribution in [0.25, 0.3) is 0 Å². The van der Waals surface area contributed by atoms with E-state index < -0.39 is 0 Å². The van der Waals surface area contributed by atoms with Gasteiger partial charge in [0, 0.05) is 22.0 Å². The molecule has 1 atom stereocenters. The quantitative estimate of drug-likeness (QED) is 0.706. The summed E-state index contributed by atoms with van der Waals surface area (Å²) in [5.74, 6) is 0.0789. The van der Waals surface area contributed by atoms with E-state index in [2.05, 4.69) is 35.8 Å². The Bertz CT molecular complexity index is 661. The third-order valence-electron chi connectivity index (χ3n) is 3.75. The maximum absolute atomic E-state index is 12.0. The Morgan fingerprint density at radius 3 is 2.58 bits per heavy atom. The number of amides is 1. The van der Waals surface area contributed by atoms with Gasteiger partial charge in [0.1, 0.15) is 6.54 Å². The third-order valence-corrected chi connectivity index (χ3v) is 4.73. The Kier molecular flexibility index (Phi) is 7.63. The van der Waals surface area contributed by atoms with Crippen molar-refractivity contribution in [1.82, 2.24) is 5.32 Å². The highest BCUT2D eigenvalue weighted by Gasteiger charge is 2.10. The minimum absolute atomic E-state index is 0.0789. The summed E-state index contributed by atoms with van der Waals surface area (Å²) in [6, 6.07) is 16.2. The molecule has 0 spiro atoms. The molecule has 0 fully saturated rings. The van der Waals surface area contributed by atoms with Gasteiger partial charge in [-0.15, -0.1) is 11.8 Å². The van der Waals surface area contributed by atoms with E-state index in [1.165, 1.54) is 15.4 Å². The Morgan fingerprint density at radius 2 is 1.92 bits per heavy atom. The Morgan fingerprint density at radius 1 is 1.17 bits per heavy atom. The Balaban J connectivity index is 1.71. The number of carbonyl (C=O) groups excluding carboxylic acids is 1. The number of benzene rings is 2. The lowest BCUT2D eigenvalue weighted by Crippen LogP contribution is -3.08. The zero-order valence-electron chi connectivity index (χ0n) is 14.1. The summed E-state index contributed by atoms with van der Waals surface area (Å²) < 4.78 is 0. The van der Waals surface area contributed by atoms with Gasteiger partial charge in [-0.3, -0.25) is 4.79 Å². The highest BCUT2D eigenvalue weighted by molar-refractivity contribution is 7.98. The van der Waals surface area contributed by atoms with Crippen LogP contribution in [0.1, 0.15) is 11.1 Å². The molecule has 0 aliphatic heterocycles. The minimum atomic E-state index is 0.0789. The van der Waals surface area contributed by atoms with Crippen LogP contribution in [0.3, 0.4) is 0 Å². The summed E-state index contributed by atoms with van der Waals surface area (Å²) >= 11 is 7.70. The van der Waals surface area contributed by atoms with E-state index in [0.717, 1.165) is 23.6 Å². The summed E-state index contributed by atoms with van der Waals surface area (Å²) in [5.41, 5.74) is 2.38. The highest BCUT2D eigenvalue weighted by Crippen LogP contribution is 2.14. The summed E-state index contributed by atoms with van der Waals surface area (Å²) in [6.07, 6.45) is 2.86. The molecule has 0 bridgehead atoms. The van der Waals surface area contributed by atoms with Crippen molar-refractivity contribution in [3.8, 4) is 0 Å². The van der Waals surface area contributed by atoms with Crippen LogP contribution in [-0.4, -0.2) is 32.3 Å². The molecule has 0 radical (unpaired) electrons. The smallest absolute Gasteiger partial charge is 0.275 e. The van der Waals surface area contributed by atoms with Crippen LogP contribution in [0.4, 0.5) is 0 Å². The molecule has 2 aromatic carbocycles. The molecule has 3 nitrogen and oxygen atoms in total. The second-order valence-electron chi connectivity index (χ2n) is 5.89. The van der Waals surface area contributed by atoms with Crippen molar-refractivity contribution in [2.45, 2.75) is 17.9 Å². The van der Waals surface area contributed by atoms with Crippen molar-refractivity contribution in [2.24, 2.45) is 0 Å². The van der Waals surface area contributed by atoms with E-state index in [4.69, 9.17) is 11.6 Å². The van der Waals surface area contributed by atoms with Crippen molar-refractivity contribution >= 4 is 29.3 Å². The molecule has 0 saturated carbocycles. The largest absolute Gasteiger partial charge is 0.351 e. The van der Waals surface area contributed by atoms with Crippen molar-refractivity contribution in [3.05, 3.63) is 64.7 Å². The van der Waals surface area contributed by atoms with Crippen LogP contribution >= 0.6 is 23.4 Å². The van der Waals surface area contributed by atoms with Gasteiger partial charge in [0.25, 0.3) is 5.91 Å². The maximum Gasteiger partial charge on any atom is 0.275 e. The molecule has 0 aliphatic rings. The number of rotatable bonds is 8. The summed E-state index contributed by atoms with van der Waals surface area (Å²) in [6.45, 7) is 1.95. The average Bonchev–Trinajstić information content (AvgIpc) is 2.55. The number of quaternary nitrogens is 1. The fraction of sp³-hybridized carbons (Fsp3) is 0.316. The number of carbonyl (C=O) groups is 1. The molecule has 0 aromatic heterocycles. The van der Waals surface area contributed by atoms with Gasteiger partial charge in [-0.25, -0.2) is 0 Å². The summed E-state index contributed by atoms with van der Waals surface area (Å²) in [5, 5.41) is 3.71. The lowest BCUT2D eigenvalue weighted by atomic mass is 10.1. The van der Waals surface area contributed by atoms with E-state index in [-0.39, 0.29) is 5.91 Å². The molecule has 2 rings (SSSR count). The fourth-order valence-electron chi connectivity index (χ4n) is 2.53. The molecule has 128 valence electrons. The third kappa shape index (κ3) is 6.56. The first-order chi connectivity index (χ1) is 11.6. The molecule has 2 aromatic rings. The molecule has 1 unspecified atom stereocenters. The molecule has 1 amide bonds. The summed E-state index contributed by atoms with van der Waals surface area (Å²) in [4.78, 5) is 14.5. The van der Waals surface area contributed by atoms with Crippen molar-refractivity contribution in [2.75, 3.05) is 26.4 Å². The molecule has 0 aliphatic carbocycles. The lowest BCUT2D eigenvalue weighted by molar-refractivity contribution is -0.885. The van der Waals surface area contributed by atoms with Gasteiger partial charge in [-0.2, -0.15) is 0 Å². The zero-order chi connectivity index (χ0) is 17.4. The second-order valence-corrected chi connectivity index (χ2v) is 7.20. The van der Waals surface area contributed by atoms with Crippen LogP contribution in [0.2, 0.25) is 5.02 Å². The lowest BCUT2D eigenvalue weighted by Gasteiger charge is -2.14. The monoisotopic (exact) mass is 363 g/mol. The van der Waals surface area contributed by atoms with E-state index >= 15 is 0 Å². The maximum atomic E-state index is 12.0. The Labute approximate surface area is 153 Å².